The first-order valence-corrected chi connectivity index (χ1v) is 6.85. The fraction of sp³-hybridized carbons (Fsp3) is 0.133. The van der Waals surface area contributed by atoms with E-state index in [-0.39, 0.29) is 12.1 Å². The highest BCUT2D eigenvalue weighted by atomic mass is 16.1. The van der Waals surface area contributed by atoms with Crippen LogP contribution in [0, 0.1) is 6.92 Å². The van der Waals surface area contributed by atoms with Crippen LogP contribution in [0.15, 0.2) is 41.3 Å². The normalized spacial score (nSPS) is 11.3. The van der Waals surface area contributed by atoms with Gasteiger partial charge in [0.1, 0.15) is 17.9 Å². The van der Waals surface area contributed by atoms with Crippen LogP contribution in [-0.4, -0.2) is 29.9 Å². The Morgan fingerprint density at radius 1 is 1.23 bits per heavy atom. The van der Waals surface area contributed by atoms with Gasteiger partial charge in [-0.15, -0.1) is 5.10 Å². The SMILES string of the molecule is Cc1ccnc2nc(Cn3nnc4ccccc4c3=O)[nH]c12. The number of nitrogens with one attached hydrogen (secondary N) is 1. The number of imidazole rings is 1. The van der Waals surface area contributed by atoms with Gasteiger partial charge in [-0.2, -0.15) is 0 Å². The van der Waals surface area contributed by atoms with Crippen LogP contribution in [0.4, 0.5) is 0 Å². The van der Waals surface area contributed by atoms with E-state index in [9.17, 15) is 4.79 Å². The number of hydrogen-bond donors (Lipinski definition) is 1. The summed E-state index contributed by atoms with van der Waals surface area (Å²) in [6.07, 6.45) is 1.71. The van der Waals surface area contributed by atoms with E-state index in [2.05, 4.69) is 25.3 Å². The number of rotatable bonds is 2. The Morgan fingerprint density at radius 2 is 2.09 bits per heavy atom. The van der Waals surface area contributed by atoms with Gasteiger partial charge in [0, 0.05) is 6.20 Å². The molecule has 0 aliphatic heterocycles. The molecule has 3 aromatic heterocycles. The summed E-state index contributed by atoms with van der Waals surface area (Å²) in [6.45, 7) is 2.21. The molecule has 108 valence electrons. The summed E-state index contributed by atoms with van der Waals surface area (Å²) in [5, 5.41) is 8.58. The van der Waals surface area contributed by atoms with Gasteiger partial charge in [0.05, 0.1) is 10.9 Å². The summed E-state index contributed by atoms with van der Waals surface area (Å²) < 4.78 is 1.30. The highest BCUT2D eigenvalue weighted by Gasteiger charge is 2.10. The highest BCUT2D eigenvalue weighted by molar-refractivity contribution is 5.76. The van der Waals surface area contributed by atoms with Gasteiger partial charge in [0.2, 0.25) is 0 Å². The van der Waals surface area contributed by atoms with E-state index in [1.807, 2.05) is 25.1 Å². The molecule has 7 nitrogen and oxygen atoms in total. The van der Waals surface area contributed by atoms with E-state index < -0.39 is 0 Å². The third kappa shape index (κ3) is 1.95. The standard InChI is InChI=1S/C15H12N6O/c1-9-6-7-16-14-13(9)17-12(18-14)8-21-15(22)10-4-2-3-5-11(10)19-20-21/h2-7H,8H2,1H3,(H,16,17,18). The molecular weight excluding hydrogens is 280 g/mol. The van der Waals surface area contributed by atoms with Crippen LogP contribution in [0.25, 0.3) is 22.1 Å². The molecular formula is C15H12N6O. The summed E-state index contributed by atoms with van der Waals surface area (Å²) in [7, 11) is 0. The Hall–Kier alpha value is -3.09. The van der Waals surface area contributed by atoms with Crippen molar-refractivity contribution in [3.8, 4) is 0 Å². The Morgan fingerprint density at radius 3 is 2.95 bits per heavy atom. The summed E-state index contributed by atoms with van der Waals surface area (Å²) in [5.41, 5.74) is 2.97. The van der Waals surface area contributed by atoms with Crippen molar-refractivity contribution < 1.29 is 0 Å². The van der Waals surface area contributed by atoms with Crippen molar-refractivity contribution in [3.05, 3.63) is 58.3 Å². The van der Waals surface area contributed by atoms with Gasteiger partial charge in [-0.3, -0.25) is 4.79 Å². The average Bonchev–Trinajstić information content (AvgIpc) is 2.95. The van der Waals surface area contributed by atoms with E-state index in [0.717, 1.165) is 11.1 Å². The molecule has 0 amide bonds. The predicted molar refractivity (Wildman–Crippen MR) is 81.5 cm³/mol. The van der Waals surface area contributed by atoms with Gasteiger partial charge >= 0.3 is 0 Å². The molecule has 0 saturated heterocycles. The summed E-state index contributed by atoms with van der Waals surface area (Å²) in [5.74, 6) is 0.628. The molecule has 0 radical (unpaired) electrons. The van der Waals surface area contributed by atoms with Gasteiger partial charge in [-0.1, -0.05) is 17.3 Å². The van der Waals surface area contributed by atoms with E-state index in [0.29, 0.717) is 22.4 Å². The first-order chi connectivity index (χ1) is 10.7. The third-order valence-corrected chi connectivity index (χ3v) is 3.58. The number of aromatic amines is 1. The minimum Gasteiger partial charge on any atom is -0.339 e. The molecule has 7 heteroatoms. The first-order valence-electron chi connectivity index (χ1n) is 6.85. The molecule has 4 rings (SSSR count). The van der Waals surface area contributed by atoms with Crippen molar-refractivity contribution in [1.29, 1.82) is 0 Å². The summed E-state index contributed by atoms with van der Waals surface area (Å²) in [4.78, 5) is 24.2. The van der Waals surface area contributed by atoms with E-state index in [1.54, 1.807) is 18.3 Å². The fourth-order valence-electron chi connectivity index (χ4n) is 2.43. The van der Waals surface area contributed by atoms with Crippen LogP contribution in [0.5, 0.6) is 0 Å². The van der Waals surface area contributed by atoms with Gasteiger partial charge < -0.3 is 4.98 Å². The third-order valence-electron chi connectivity index (χ3n) is 3.58. The van der Waals surface area contributed by atoms with Gasteiger partial charge in [0.25, 0.3) is 5.56 Å². The van der Waals surface area contributed by atoms with Crippen molar-refractivity contribution in [3.63, 3.8) is 0 Å². The monoisotopic (exact) mass is 292 g/mol. The van der Waals surface area contributed by atoms with Crippen molar-refractivity contribution in [2.75, 3.05) is 0 Å². The molecule has 4 aromatic rings. The van der Waals surface area contributed by atoms with Crippen LogP contribution in [0.3, 0.4) is 0 Å². The van der Waals surface area contributed by atoms with Crippen molar-refractivity contribution in [1.82, 2.24) is 29.9 Å². The van der Waals surface area contributed by atoms with Crippen LogP contribution < -0.4 is 5.56 Å². The van der Waals surface area contributed by atoms with Crippen molar-refractivity contribution in [2.45, 2.75) is 13.5 Å². The number of pyridine rings is 1. The molecule has 0 aliphatic rings. The zero-order valence-electron chi connectivity index (χ0n) is 11.8. The maximum absolute atomic E-state index is 12.4. The smallest absolute Gasteiger partial charge is 0.278 e. The lowest BCUT2D eigenvalue weighted by Gasteiger charge is -2.02. The molecule has 0 fully saturated rings. The molecule has 0 aliphatic carbocycles. The molecule has 3 heterocycles. The molecule has 0 bridgehead atoms. The second-order valence-electron chi connectivity index (χ2n) is 5.08. The number of H-pyrrole nitrogens is 1. The molecule has 0 unspecified atom stereocenters. The van der Waals surface area contributed by atoms with Crippen LogP contribution >= 0.6 is 0 Å². The fourth-order valence-corrected chi connectivity index (χ4v) is 2.43. The lowest BCUT2D eigenvalue weighted by molar-refractivity contribution is 0.585. The van der Waals surface area contributed by atoms with Crippen molar-refractivity contribution in [2.24, 2.45) is 0 Å². The minimum atomic E-state index is -0.185. The Kier molecular flexibility index (Phi) is 2.72. The molecule has 0 spiro atoms. The maximum atomic E-state index is 12.4. The molecule has 1 aromatic carbocycles. The van der Waals surface area contributed by atoms with E-state index in [4.69, 9.17) is 0 Å². The number of aryl methyl sites for hydroxylation is 1. The van der Waals surface area contributed by atoms with E-state index in [1.165, 1.54) is 4.68 Å². The van der Waals surface area contributed by atoms with E-state index >= 15 is 0 Å². The lowest BCUT2D eigenvalue weighted by atomic mass is 10.2. The first kappa shape index (κ1) is 12.6. The highest BCUT2D eigenvalue weighted by Crippen LogP contribution is 2.13. The number of hydrogen-bond acceptors (Lipinski definition) is 5. The van der Waals surface area contributed by atoms with Crippen LogP contribution in [-0.2, 0) is 6.54 Å². The number of fused-ring (bicyclic) bond motifs is 2. The summed E-state index contributed by atoms with van der Waals surface area (Å²) in [6, 6.07) is 9.06. The average molecular weight is 292 g/mol. The Bertz CT molecular complexity index is 1050. The van der Waals surface area contributed by atoms with Gasteiger partial charge in [-0.05, 0) is 30.7 Å². The topological polar surface area (TPSA) is 89.3 Å². The number of benzene rings is 1. The molecule has 0 saturated carbocycles. The zero-order chi connectivity index (χ0) is 15.1. The molecule has 22 heavy (non-hydrogen) atoms. The quantitative estimate of drug-likeness (QED) is 0.603. The number of nitrogens with zero attached hydrogens (tertiary/aromatic N) is 5. The molecule has 0 atom stereocenters. The largest absolute Gasteiger partial charge is 0.339 e. The van der Waals surface area contributed by atoms with Gasteiger partial charge in [-0.25, -0.2) is 14.6 Å². The summed E-state index contributed by atoms with van der Waals surface area (Å²) >= 11 is 0. The zero-order valence-corrected chi connectivity index (χ0v) is 11.8. The van der Waals surface area contributed by atoms with Gasteiger partial charge in [0.15, 0.2) is 5.65 Å². The second-order valence-corrected chi connectivity index (χ2v) is 5.08. The lowest BCUT2D eigenvalue weighted by Crippen LogP contribution is -2.25. The maximum Gasteiger partial charge on any atom is 0.278 e. The number of aromatic nitrogens is 6. The second kappa shape index (κ2) is 4.73. The Balaban J connectivity index is 1.81. The minimum absolute atomic E-state index is 0.185. The Labute approximate surface area is 124 Å². The van der Waals surface area contributed by atoms with Crippen LogP contribution in [0.2, 0.25) is 0 Å². The molecule has 1 N–H and O–H groups in total. The van der Waals surface area contributed by atoms with Crippen molar-refractivity contribution >= 4 is 22.1 Å². The predicted octanol–water partition coefficient (Wildman–Crippen LogP) is 1.42. The van der Waals surface area contributed by atoms with Crippen LogP contribution in [0.1, 0.15) is 11.4 Å².